The first-order chi connectivity index (χ1) is 12.1. The third-order valence-corrected chi connectivity index (χ3v) is 7.87. The standard InChI is InChI=1S/C14H18N2O7S3/c1-9(8-10(14(19)20)26(21,22)23)24-25-13-4-2-3-7-15(13)16-11(17)5-6-12(16)18/h2-4,7,9-10,13H,5-6,8H2,1H3,(H,19,20)(H,21,22,23). The molecule has 12 heteroatoms. The van der Waals surface area contributed by atoms with E-state index in [9.17, 15) is 22.8 Å². The molecule has 1 fully saturated rings. The minimum atomic E-state index is -4.70. The lowest BCUT2D eigenvalue weighted by Crippen LogP contribution is -2.47. The van der Waals surface area contributed by atoms with Gasteiger partial charge in [0.25, 0.3) is 10.1 Å². The van der Waals surface area contributed by atoms with Crippen molar-refractivity contribution in [3.8, 4) is 0 Å². The van der Waals surface area contributed by atoms with E-state index in [1.165, 1.54) is 26.6 Å². The summed E-state index contributed by atoms with van der Waals surface area (Å²) in [5.74, 6) is -2.20. The van der Waals surface area contributed by atoms with Gasteiger partial charge in [-0.25, -0.2) is 0 Å². The Balaban J connectivity index is 1.99. The van der Waals surface area contributed by atoms with Gasteiger partial charge in [0, 0.05) is 24.3 Å². The van der Waals surface area contributed by atoms with Crippen LogP contribution in [0.2, 0.25) is 0 Å². The van der Waals surface area contributed by atoms with E-state index in [1.807, 2.05) is 0 Å². The van der Waals surface area contributed by atoms with Gasteiger partial charge < -0.3 is 5.11 Å². The van der Waals surface area contributed by atoms with Crippen molar-refractivity contribution in [3.63, 3.8) is 0 Å². The van der Waals surface area contributed by atoms with Crippen molar-refractivity contribution in [2.75, 3.05) is 0 Å². The number of allylic oxidation sites excluding steroid dienone is 2. The Hall–Kier alpha value is -1.50. The molecule has 3 atom stereocenters. The molecule has 0 bridgehead atoms. The number of carbonyl (C=O) groups is 3. The lowest BCUT2D eigenvalue weighted by Gasteiger charge is -2.35. The maximum Gasteiger partial charge on any atom is 0.324 e. The molecule has 2 rings (SSSR count). The number of aliphatic carboxylic acids is 1. The fraction of sp³-hybridized carbons (Fsp3) is 0.500. The predicted molar refractivity (Wildman–Crippen MR) is 97.2 cm³/mol. The SMILES string of the molecule is CC(CC(C(=O)O)S(=O)(=O)O)SSC1C=CC=CN1N1C(=O)CCC1=O. The summed E-state index contributed by atoms with van der Waals surface area (Å²) >= 11 is 0. The lowest BCUT2D eigenvalue weighted by atomic mass is 10.2. The Morgan fingerprint density at radius 3 is 2.46 bits per heavy atom. The van der Waals surface area contributed by atoms with Gasteiger partial charge in [-0.3, -0.25) is 23.9 Å². The third-order valence-electron chi connectivity index (χ3n) is 3.64. The summed E-state index contributed by atoms with van der Waals surface area (Å²) < 4.78 is 31.3. The monoisotopic (exact) mass is 422 g/mol. The van der Waals surface area contributed by atoms with Crippen LogP contribution < -0.4 is 0 Å². The van der Waals surface area contributed by atoms with Crippen molar-refractivity contribution in [2.45, 2.75) is 42.1 Å². The van der Waals surface area contributed by atoms with Gasteiger partial charge in [0.1, 0.15) is 5.37 Å². The molecule has 2 N–H and O–H groups in total. The van der Waals surface area contributed by atoms with Crippen LogP contribution in [0.5, 0.6) is 0 Å². The lowest BCUT2D eigenvalue weighted by molar-refractivity contribution is -0.153. The summed E-state index contributed by atoms with van der Waals surface area (Å²) in [7, 11) is -2.23. The maximum atomic E-state index is 11.9. The maximum absolute atomic E-state index is 11.9. The molecular weight excluding hydrogens is 404 g/mol. The molecule has 0 aromatic rings. The highest BCUT2D eigenvalue weighted by atomic mass is 33.1. The predicted octanol–water partition coefficient (Wildman–Crippen LogP) is 1.26. The van der Waals surface area contributed by atoms with Crippen molar-refractivity contribution < 1.29 is 32.5 Å². The average molecular weight is 423 g/mol. The number of carbonyl (C=O) groups excluding carboxylic acids is 2. The van der Waals surface area contributed by atoms with Crippen LogP contribution in [-0.4, -0.2) is 61.8 Å². The fourth-order valence-corrected chi connectivity index (χ4v) is 5.89. The van der Waals surface area contributed by atoms with E-state index in [0.717, 1.165) is 5.01 Å². The Bertz CT molecular complexity index is 734. The Labute approximate surface area is 158 Å². The zero-order valence-electron chi connectivity index (χ0n) is 13.7. The van der Waals surface area contributed by atoms with Crippen LogP contribution >= 0.6 is 21.6 Å². The second-order valence-electron chi connectivity index (χ2n) is 5.68. The largest absolute Gasteiger partial charge is 0.480 e. The molecule has 0 aromatic heterocycles. The topological polar surface area (TPSA) is 132 Å². The first-order valence-electron chi connectivity index (χ1n) is 7.61. The number of carboxylic acids is 1. The highest BCUT2D eigenvalue weighted by molar-refractivity contribution is 8.77. The molecule has 1 saturated heterocycles. The van der Waals surface area contributed by atoms with Crippen molar-refractivity contribution >= 4 is 49.5 Å². The quantitative estimate of drug-likeness (QED) is 0.335. The molecular formula is C14H18N2O7S3. The molecule has 9 nitrogen and oxygen atoms in total. The molecule has 26 heavy (non-hydrogen) atoms. The van der Waals surface area contributed by atoms with Crippen LogP contribution in [0, 0.1) is 0 Å². The summed E-state index contributed by atoms with van der Waals surface area (Å²) in [6.45, 7) is 1.64. The molecule has 3 unspecified atom stereocenters. The summed E-state index contributed by atoms with van der Waals surface area (Å²) in [6.07, 6.45) is 6.83. The van der Waals surface area contributed by atoms with E-state index in [1.54, 1.807) is 31.4 Å². The Morgan fingerprint density at radius 1 is 1.31 bits per heavy atom. The van der Waals surface area contributed by atoms with Gasteiger partial charge in [-0.1, -0.05) is 34.6 Å². The summed E-state index contributed by atoms with van der Waals surface area (Å²) in [4.78, 5) is 34.9. The Kier molecular flexibility index (Phi) is 6.77. The highest BCUT2D eigenvalue weighted by Crippen LogP contribution is 2.38. The third kappa shape index (κ3) is 5.02. The van der Waals surface area contributed by atoms with Crippen molar-refractivity contribution in [2.24, 2.45) is 0 Å². The van der Waals surface area contributed by atoms with Gasteiger partial charge in [0.2, 0.25) is 11.8 Å². The Morgan fingerprint density at radius 2 is 1.92 bits per heavy atom. The number of imide groups is 1. The first kappa shape index (κ1) is 20.8. The number of rotatable bonds is 8. The number of hydrogen-bond acceptors (Lipinski definition) is 8. The van der Waals surface area contributed by atoms with Gasteiger partial charge in [-0.2, -0.15) is 13.4 Å². The molecule has 2 aliphatic rings. The van der Waals surface area contributed by atoms with Gasteiger partial charge in [0.15, 0.2) is 5.25 Å². The summed E-state index contributed by atoms with van der Waals surface area (Å²) in [5.41, 5.74) is 0. The number of amides is 2. The molecule has 0 spiro atoms. The van der Waals surface area contributed by atoms with E-state index < -0.39 is 32.0 Å². The van der Waals surface area contributed by atoms with Crippen molar-refractivity contribution in [1.29, 1.82) is 0 Å². The number of hydrogen-bond donors (Lipinski definition) is 2. The molecule has 0 aromatic carbocycles. The minimum Gasteiger partial charge on any atom is -0.480 e. The zero-order valence-corrected chi connectivity index (χ0v) is 16.2. The van der Waals surface area contributed by atoms with E-state index >= 15 is 0 Å². The van der Waals surface area contributed by atoms with Gasteiger partial charge in [-0.05, 0) is 18.6 Å². The highest BCUT2D eigenvalue weighted by Gasteiger charge is 2.37. The fourth-order valence-electron chi connectivity index (χ4n) is 2.39. The molecule has 2 heterocycles. The molecule has 2 amide bonds. The number of hydrazine groups is 1. The first-order valence-corrected chi connectivity index (χ1v) is 11.4. The molecule has 0 radical (unpaired) electrons. The van der Waals surface area contributed by atoms with Crippen molar-refractivity contribution in [3.05, 3.63) is 24.4 Å². The molecule has 0 saturated carbocycles. The number of nitrogens with zero attached hydrogens (tertiary/aromatic N) is 2. The second-order valence-corrected chi connectivity index (χ2v) is 10.1. The van der Waals surface area contributed by atoms with Crippen LogP contribution in [0.4, 0.5) is 0 Å². The summed E-state index contributed by atoms with van der Waals surface area (Å²) in [6, 6.07) is 0. The normalized spacial score (nSPS) is 22.8. The summed E-state index contributed by atoms with van der Waals surface area (Å²) in [5, 5.41) is 8.82. The minimum absolute atomic E-state index is 0.155. The zero-order chi connectivity index (χ0) is 19.5. The van der Waals surface area contributed by atoms with Crippen LogP contribution in [0.3, 0.4) is 0 Å². The van der Waals surface area contributed by atoms with Gasteiger partial charge in [0.05, 0.1) is 0 Å². The van der Waals surface area contributed by atoms with Crippen LogP contribution in [0.15, 0.2) is 24.4 Å². The molecule has 0 aliphatic carbocycles. The van der Waals surface area contributed by atoms with E-state index in [0.29, 0.717) is 0 Å². The van der Waals surface area contributed by atoms with E-state index in [2.05, 4.69) is 0 Å². The molecule has 2 aliphatic heterocycles. The van der Waals surface area contributed by atoms with Gasteiger partial charge in [-0.15, -0.1) is 0 Å². The smallest absolute Gasteiger partial charge is 0.324 e. The average Bonchev–Trinajstić information content (AvgIpc) is 2.88. The van der Waals surface area contributed by atoms with Gasteiger partial charge >= 0.3 is 5.97 Å². The van der Waals surface area contributed by atoms with Crippen molar-refractivity contribution in [1.82, 2.24) is 10.0 Å². The van der Waals surface area contributed by atoms with Crippen LogP contribution in [-0.2, 0) is 24.5 Å². The van der Waals surface area contributed by atoms with E-state index in [-0.39, 0.29) is 31.1 Å². The molecule has 144 valence electrons. The van der Waals surface area contributed by atoms with Crippen LogP contribution in [0.1, 0.15) is 26.2 Å². The van der Waals surface area contributed by atoms with Crippen LogP contribution in [0.25, 0.3) is 0 Å². The number of carboxylic acid groups (broad SMARTS) is 1. The second kappa shape index (κ2) is 8.46. The van der Waals surface area contributed by atoms with E-state index in [4.69, 9.17) is 9.66 Å².